The Labute approximate surface area is 210 Å². The summed E-state index contributed by atoms with van der Waals surface area (Å²) in [4.78, 5) is 31.3. The predicted octanol–water partition coefficient (Wildman–Crippen LogP) is 6.16. The fraction of sp³-hybridized carbons (Fsp3) is 0.269. The first kappa shape index (κ1) is 25.4. The number of aromatic nitrogens is 1. The Balaban J connectivity index is 1.43. The highest BCUT2D eigenvalue weighted by molar-refractivity contribution is 7.10. The molecule has 0 aliphatic carbocycles. The molecular formula is C26H25F3N4O2S. The van der Waals surface area contributed by atoms with E-state index in [2.05, 4.69) is 22.2 Å². The lowest BCUT2D eigenvalue weighted by molar-refractivity contribution is -0.137. The number of hydrogen-bond acceptors (Lipinski definition) is 4. The summed E-state index contributed by atoms with van der Waals surface area (Å²) in [5, 5.41) is 8.08. The van der Waals surface area contributed by atoms with E-state index in [0.29, 0.717) is 36.4 Å². The van der Waals surface area contributed by atoms with Gasteiger partial charge in [-0.25, -0.2) is 9.78 Å². The molecule has 0 spiro atoms. The Kier molecular flexibility index (Phi) is 7.73. The van der Waals surface area contributed by atoms with Crippen LogP contribution in [0, 0.1) is 0 Å². The Hall–Kier alpha value is -3.66. The highest BCUT2D eigenvalue weighted by Gasteiger charge is 2.31. The monoisotopic (exact) mass is 514 g/mol. The van der Waals surface area contributed by atoms with E-state index in [9.17, 15) is 22.8 Å². The molecule has 1 fully saturated rings. The van der Waals surface area contributed by atoms with Crippen molar-refractivity contribution in [1.29, 1.82) is 0 Å². The average Bonchev–Trinajstić information content (AvgIpc) is 3.38. The number of piperidine rings is 1. The first-order chi connectivity index (χ1) is 17.3. The lowest BCUT2D eigenvalue weighted by Gasteiger charge is -2.31. The fourth-order valence-electron chi connectivity index (χ4n) is 4.07. The van der Waals surface area contributed by atoms with E-state index in [1.165, 1.54) is 17.4 Å². The number of amides is 3. The molecule has 2 aromatic carbocycles. The molecule has 10 heteroatoms. The number of nitrogens with zero attached hydrogens (tertiary/aromatic N) is 2. The van der Waals surface area contributed by atoms with Gasteiger partial charge in [-0.15, -0.1) is 17.9 Å². The van der Waals surface area contributed by atoms with E-state index in [4.69, 9.17) is 0 Å². The summed E-state index contributed by atoms with van der Waals surface area (Å²) in [6.07, 6.45) is -1.34. The Morgan fingerprint density at radius 3 is 2.61 bits per heavy atom. The molecule has 2 heterocycles. The molecule has 6 nitrogen and oxygen atoms in total. The summed E-state index contributed by atoms with van der Waals surface area (Å²) in [5.74, 6) is -0.282. The number of alkyl halides is 3. The van der Waals surface area contributed by atoms with Crippen LogP contribution in [0.1, 0.15) is 39.8 Å². The van der Waals surface area contributed by atoms with E-state index >= 15 is 0 Å². The standard InChI is InChI=1S/C26H25F3N4O2S/c1-2-12-30-25(35)33-13-10-17(11-14-33)24-32-22(16-36-24)23(34)31-21-9-4-3-8-20(21)18-6-5-7-19(15-18)26(27,28)29/h2-9,15-17H,1,10-14H2,(H,30,35)(H,31,34). The number of carbonyl (C=O) groups excluding carboxylic acids is 2. The third kappa shape index (κ3) is 5.93. The van der Waals surface area contributed by atoms with Crippen molar-refractivity contribution in [2.75, 3.05) is 25.0 Å². The van der Waals surface area contributed by atoms with Crippen molar-refractivity contribution in [2.24, 2.45) is 0 Å². The summed E-state index contributed by atoms with van der Waals surface area (Å²) in [5.41, 5.74) is 0.725. The van der Waals surface area contributed by atoms with Crippen LogP contribution in [0.4, 0.5) is 23.7 Å². The summed E-state index contributed by atoms with van der Waals surface area (Å²) >= 11 is 1.39. The number of anilines is 1. The second-order valence-electron chi connectivity index (χ2n) is 8.39. The molecule has 4 rings (SSSR count). The van der Waals surface area contributed by atoms with Crippen LogP contribution in [0.15, 0.2) is 66.6 Å². The first-order valence-corrected chi connectivity index (χ1v) is 12.3. The van der Waals surface area contributed by atoms with Crippen molar-refractivity contribution in [2.45, 2.75) is 24.9 Å². The third-order valence-electron chi connectivity index (χ3n) is 5.96. The molecule has 1 aliphatic rings. The van der Waals surface area contributed by atoms with Crippen molar-refractivity contribution >= 4 is 29.0 Å². The second kappa shape index (κ2) is 10.9. The van der Waals surface area contributed by atoms with Crippen LogP contribution >= 0.6 is 11.3 Å². The van der Waals surface area contributed by atoms with Crippen LogP contribution in [0.2, 0.25) is 0 Å². The summed E-state index contributed by atoms with van der Waals surface area (Å²) in [6.45, 7) is 5.20. The Bertz CT molecular complexity index is 1250. The minimum Gasteiger partial charge on any atom is -0.335 e. The fourth-order valence-corrected chi connectivity index (χ4v) is 5.04. The van der Waals surface area contributed by atoms with Crippen LogP contribution in [-0.4, -0.2) is 41.5 Å². The molecule has 188 valence electrons. The summed E-state index contributed by atoms with van der Waals surface area (Å²) in [7, 11) is 0. The maximum atomic E-state index is 13.2. The van der Waals surface area contributed by atoms with E-state index < -0.39 is 17.6 Å². The third-order valence-corrected chi connectivity index (χ3v) is 6.97. The Morgan fingerprint density at radius 2 is 1.89 bits per heavy atom. The van der Waals surface area contributed by atoms with Crippen LogP contribution < -0.4 is 10.6 Å². The van der Waals surface area contributed by atoms with Gasteiger partial charge >= 0.3 is 12.2 Å². The number of halogens is 3. The van der Waals surface area contributed by atoms with Crippen molar-refractivity contribution < 1.29 is 22.8 Å². The van der Waals surface area contributed by atoms with E-state index in [0.717, 1.165) is 30.0 Å². The lowest BCUT2D eigenvalue weighted by atomic mass is 9.98. The molecule has 0 unspecified atom stereocenters. The second-order valence-corrected chi connectivity index (χ2v) is 9.27. The number of likely N-dealkylation sites (tertiary alicyclic amines) is 1. The molecular weight excluding hydrogens is 489 g/mol. The molecule has 36 heavy (non-hydrogen) atoms. The molecule has 0 atom stereocenters. The van der Waals surface area contributed by atoms with Crippen LogP contribution in [0.25, 0.3) is 11.1 Å². The quantitative estimate of drug-likeness (QED) is 0.387. The molecule has 2 N–H and O–H groups in total. The molecule has 1 aromatic heterocycles. The van der Waals surface area contributed by atoms with Gasteiger partial charge in [-0.05, 0) is 36.6 Å². The summed E-state index contributed by atoms with van der Waals surface area (Å²) in [6, 6.07) is 11.6. The maximum Gasteiger partial charge on any atom is 0.416 e. The molecule has 0 radical (unpaired) electrons. The number of hydrogen-bond donors (Lipinski definition) is 2. The minimum absolute atomic E-state index is 0.119. The SMILES string of the molecule is C=CCNC(=O)N1CCC(c2nc(C(=O)Nc3ccccc3-c3cccc(C(F)(F)F)c3)cs2)CC1. The number of urea groups is 1. The van der Waals surface area contributed by atoms with Gasteiger partial charge in [0.25, 0.3) is 5.91 Å². The highest BCUT2D eigenvalue weighted by atomic mass is 32.1. The summed E-state index contributed by atoms with van der Waals surface area (Å²) < 4.78 is 39.5. The number of carbonyl (C=O) groups is 2. The minimum atomic E-state index is -4.46. The average molecular weight is 515 g/mol. The number of nitrogens with one attached hydrogen (secondary N) is 2. The van der Waals surface area contributed by atoms with E-state index in [1.807, 2.05) is 0 Å². The van der Waals surface area contributed by atoms with Gasteiger partial charge in [-0.2, -0.15) is 13.2 Å². The first-order valence-electron chi connectivity index (χ1n) is 11.4. The van der Waals surface area contributed by atoms with Crippen molar-refractivity contribution in [3.8, 4) is 11.1 Å². The van der Waals surface area contributed by atoms with Gasteiger partial charge in [-0.1, -0.05) is 36.4 Å². The predicted molar refractivity (Wildman–Crippen MR) is 134 cm³/mol. The largest absolute Gasteiger partial charge is 0.416 e. The molecule has 0 bridgehead atoms. The highest BCUT2D eigenvalue weighted by Crippen LogP contribution is 2.35. The zero-order valence-corrected chi connectivity index (χ0v) is 20.2. The van der Waals surface area contributed by atoms with Gasteiger partial charge in [0.1, 0.15) is 5.69 Å². The number of para-hydroxylation sites is 1. The number of thiazole rings is 1. The van der Waals surface area contributed by atoms with E-state index in [1.54, 1.807) is 46.7 Å². The molecule has 1 saturated heterocycles. The number of benzene rings is 2. The molecule has 3 amide bonds. The zero-order chi connectivity index (χ0) is 25.7. The lowest BCUT2D eigenvalue weighted by Crippen LogP contribution is -2.44. The normalized spacial score (nSPS) is 14.4. The maximum absolute atomic E-state index is 13.2. The van der Waals surface area contributed by atoms with Gasteiger partial charge in [-0.3, -0.25) is 4.79 Å². The van der Waals surface area contributed by atoms with Crippen molar-refractivity contribution in [3.63, 3.8) is 0 Å². The van der Waals surface area contributed by atoms with Crippen LogP contribution in [0.5, 0.6) is 0 Å². The topological polar surface area (TPSA) is 74.3 Å². The van der Waals surface area contributed by atoms with Gasteiger partial charge in [0.05, 0.1) is 10.6 Å². The van der Waals surface area contributed by atoms with Crippen LogP contribution in [0.3, 0.4) is 0 Å². The smallest absolute Gasteiger partial charge is 0.335 e. The van der Waals surface area contributed by atoms with Crippen LogP contribution in [-0.2, 0) is 6.18 Å². The van der Waals surface area contributed by atoms with Gasteiger partial charge in [0.2, 0.25) is 0 Å². The number of rotatable bonds is 6. The van der Waals surface area contributed by atoms with Gasteiger partial charge in [0, 0.05) is 42.2 Å². The van der Waals surface area contributed by atoms with Gasteiger partial charge < -0.3 is 15.5 Å². The molecule has 1 aliphatic heterocycles. The van der Waals surface area contributed by atoms with Crippen molar-refractivity contribution in [3.05, 3.63) is 82.8 Å². The van der Waals surface area contributed by atoms with Crippen molar-refractivity contribution in [1.82, 2.24) is 15.2 Å². The van der Waals surface area contributed by atoms with Gasteiger partial charge in [0.15, 0.2) is 0 Å². The Morgan fingerprint density at radius 1 is 1.14 bits per heavy atom. The zero-order valence-electron chi connectivity index (χ0n) is 19.3. The molecule has 0 saturated carbocycles. The van der Waals surface area contributed by atoms with E-state index in [-0.39, 0.29) is 17.6 Å². The molecule has 3 aromatic rings.